The molecule has 2 aromatic rings. The lowest BCUT2D eigenvalue weighted by atomic mass is 10.1. The van der Waals surface area contributed by atoms with Crippen molar-refractivity contribution in [1.82, 2.24) is 0 Å². The van der Waals surface area contributed by atoms with Gasteiger partial charge in [-0.1, -0.05) is 24.3 Å². The third-order valence-electron chi connectivity index (χ3n) is 3.10. The van der Waals surface area contributed by atoms with Crippen molar-refractivity contribution >= 4 is 5.69 Å². The Morgan fingerprint density at radius 2 is 1.72 bits per heavy atom. The number of hydrogen-bond donors (Lipinski definition) is 1. The van der Waals surface area contributed by atoms with Gasteiger partial charge in [-0.15, -0.1) is 0 Å². The highest BCUT2D eigenvalue weighted by atomic mass is 19.1. The van der Waals surface area contributed by atoms with Crippen LogP contribution >= 0.6 is 0 Å². The molecule has 2 heteroatoms. The van der Waals surface area contributed by atoms with Crippen molar-refractivity contribution in [3.8, 4) is 0 Å². The third-order valence-corrected chi connectivity index (χ3v) is 3.10. The smallest absolute Gasteiger partial charge is 0.126 e. The van der Waals surface area contributed by atoms with E-state index in [0.29, 0.717) is 12.1 Å². The average molecular weight is 243 g/mol. The topological polar surface area (TPSA) is 12.0 Å². The zero-order valence-corrected chi connectivity index (χ0v) is 11.0. The van der Waals surface area contributed by atoms with Crippen molar-refractivity contribution in [1.29, 1.82) is 0 Å². The molecule has 2 rings (SSSR count). The summed E-state index contributed by atoms with van der Waals surface area (Å²) in [4.78, 5) is 0. The van der Waals surface area contributed by atoms with Crippen LogP contribution in [0.3, 0.4) is 0 Å². The molecular weight excluding hydrogens is 225 g/mol. The Morgan fingerprint density at radius 3 is 2.44 bits per heavy atom. The Morgan fingerprint density at radius 1 is 0.944 bits per heavy atom. The molecular formula is C16H18FN. The fraction of sp³-hybridized carbons (Fsp3) is 0.250. The van der Waals surface area contributed by atoms with Gasteiger partial charge < -0.3 is 5.32 Å². The van der Waals surface area contributed by atoms with Crippen LogP contribution in [0, 0.1) is 26.6 Å². The van der Waals surface area contributed by atoms with Crippen LogP contribution in [0.15, 0.2) is 36.4 Å². The predicted molar refractivity (Wildman–Crippen MR) is 74.4 cm³/mol. The minimum absolute atomic E-state index is 0.148. The number of nitrogens with one attached hydrogen (secondary N) is 1. The van der Waals surface area contributed by atoms with Gasteiger partial charge in [-0.25, -0.2) is 4.39 Å². The first-order valence-electron chi connectivity index (χ1n) is 6.12. The minimum Gasteiger partial charge on any atom is -0.381 e. The van der Waals surface area contributed by atoms with Crippen LogP contribution in [0.5, 0.6) is 0 Å². The van der Waals surface area contributed by atoms with Crippen LogP contribution in [0.2, 0.25) is 0 Å². The van der Waals surface area contributed by atoms with E-state index in [1.165, 1.54) is 17.2 Å². The van der Waals surface area contributed by atoms with Gasteiger partial charge in [0.2, 0.25) is 0 Å². The molecule has 0 aromatic heterocycles. The maximum absolute atomic E-state index is 13.2. The highest BCUT2D eigenvalue weighted by molar-refractivity contribution is 5.52. The lowest BCUT2D eigenvalue weighted by Gasteiger charge is -2.11. The van der Waals surface area contributed by atoms with E-state index in [2.05, 4.69) is 37.4 Å². The zero-order valence-electron chi connectivity index (χ0n) is 11.0. The number of benzene rings is 2. The molecule has 18 heavy (non-hydrogen) atoms. The summed E-state index contributed by atoms with van der Waals surface area (Å²) in [6, 6.07) is 11.6. The van der Waals surface area contributed by atoms with Gasteiger partial charge in [0.05, 0.1) is 0 Å². The summed E-state index contributed by atoms with van der Waals surface area (Å²) in [6.45, 7) is 6.66. The molecule has 0 aliphatic carbocycles. The molecule has 0 fully saturated rings. The van der Waals surface area contributed by atoms with E-state index in [1.807, 2.05) is 12.1 Å². The van der Waals surface area contributed by atoms with Crippen LogP contribution in [0.4, 0.5) is 10.1 Å². The van der Waals surface area contributed by atoms with Gasteiger partial charge in [0.1, 0.15) is 5.82 Å². The second-order valence-electron chi connectivity index (χ2n) is 4.76. The highest BCUT2D eigenvalue weighted by Crippen LogP contribution is 2.18. The SMILES string of the molecule is Cc1ccc(C)c(NCc2ccc(F)c(C)c2)c1. The molecule has 0 aliphatic rings. The molecule has 0 spiro atoms. The maximum atomic E-state index is 13.2. The second kappa shape index (κ2) is 5.21. The van der Waals surface area contributed by atoms with Crippen LogP contribution in [-0.4, -0.2) is 0 Å². The molecule has 0 unspecified atom stereocenters. The van der Waals surface area contributed by atoms with Crippen LogP contribution in [-0.2, 0) is 6.54 Å². The minimum atomic E-state index is -0.148. The zero-order chi connectivity index (χ0) is 13.1. The quantitative estimate of drug-likeness (QED) is 0.844. The Kier molecular flexibility index (Phi) is 3.66. The van der Waals surface area contributed by atoms with Crippen molar-refractivity contribution < 1.29 is 4.39 Å². The summed E-state index contributed by atoms with van der Waals surface area (Å²) in [5, 5.41) is 3.39. The molecule has 0 amide bonds. The lowest BCUT2D eigenvalue weighted by molar-refractivity contribution is 0.617. The van der Waals surface area contributed by atoms with Gasteiger partial charge in [0, 0.05) is 12.2 Å². The normalized spacial score (nSPS) is 10.4. The summed E-state index contributed by atoms with van der Waals surface area (Å²) in [7, 11) is 0. The van der Waals surface area contributed by atoms with Crippen molar-refractivity contribution in [2.45, 2.75) is 27.3 Å². The molecule has 0 atom stereocenters. The number of anilines is 1. The summed E-state index contributed by atoms with van der Waals surface area (Å²) >= 11 is 0. The highest BCUT2D eigenvalue weighted by Gasteiger charge is 2.01. The molecule has 0 saturated carbocycles. The van der Waals surface area contributed by atoms with E-state index < -0.39 is 0 Å². The first-order valence-corrected chi connectivity index (χ1v) is 6.12. The predicted octanol–water partition coefficient (Wildman–Crippen LogP) is 4.36. The fourth-order valence-corrected chi connectivity index (χ4v) is 1.94. The van der Waals surface area contributed by atoms with E-state index in [1.54, 1.807) is 6.92 Å². The molecule has 1 N–H and O–H groups in total. The van der Waals surface area contributed by atoms with E-state index >= 15 is 0 Å². The van der Waals surface area contributed by atoms with Gasteiger partial charge in [-0.2, -0.15) is 0 Å². The van der Waals surface area contributed by atoms with E-state index in [4.69, 9.17) is 0 Å². The standard InChI is InChI=1S/C16H18FN/c1-11-4-5-12(2)16(8-11)18-10-14-6-7-15(17)13(3)9-14/h4-9,18H,10H2,1-3H3. The van der Waals surface area contributed by atoms with Crippen molar-refractivity contribution in [2.75, 3.05) is 5.32 Å². The van der Waals surface area contributed by atoms with Crippen molar-refractivity contribution in [2.24, 2.45) is 0 Å². The van der Waals surface area contributed by atoms with Gasteiger partial charge in [-0.05, 0) is 55.2 Å². The first-order chi connectivity index (χ1) is 8.56. The van der Waals surface area contributed by atoms with Crippen LogP contribution in [0.25, 0.3) is 0 Å². The molecule has 0 bridgehead atoms. The van der Waals surface area contributed by atoms with Crippen molar-refractivity contribution in [3.05, 3.63) is 64.5 Å². The molecule has 2 aromatic carbocycles. The van der Waals surface area contributed by atoms with Gasteiger partial charge in [0.25, 0.3) is 0 Å². The molecule has 0 heterocycles. The van der Waals surface area contributed by atoms with Crippen LogP contribution in [0.1, 0.15) is 22.3 Å². The summed E-state index contributed by atoms with van der Waals surface area (Å²) < 4.78 is 13.2. The Bertz CT molecular complexity index is 561. The largest absolute Gasteiger partial charge is 0.381 e. The maximum Gasteiger partial charge on any atom is 0.126 e. The Hall–Kier alpha value is -1.83. The Labute approximate surface area is 108 Å². The number of halogens is 1. The van der Waals surface area contributed by atoms with Gasteiger partial charge >= 0.3 is 0 Å². The lowest BCUT2D eigenvalue weighted by Crippen LogP contribution is -2.02. The molecule has 0 aliphatic heterocycles. The summed E-state index contributed by atoms with van der Waals surface area (Å²) in [5.74, 6) is -0.148. The number of hydrogen-bond acceptors (Lipinski definition) is 1. The molecule has 94 valence electrons. The number of aryl methyl sites for hydroxylation is 3. The average Bonchev–Trinajstić information content (AvgIpc) is 2.34. The van der Waals surface area contributed by atoms with Gasteiger partial charge in [0.15, 0.2) is 0 Å². The van der Waals surface area contributed by atoms with E-state index in [9.17, 15) is 4.39 Å². The molecule has 0 saturated heterocycles. The summed E-state index contributed by atoms with van der Waals surface area (Å²) in [6.07, 6.45) is 0. The summed E-state index contributed by atoms with van der Waals surface area (Å²) in [5.41, 5.74) is 5.37. The first kappa shape index (κ1) is 12.6. The third kappa shape index (κ3) is 2.89. The number of rotatable bonds is 3. The Balaban J connectivity index is 2.11. The van der Waals surface area contributed by atoms with E-state index in [0.717, 1.165) is 11.3 Å². The molecule has 1 nitrogen and oxygen atoms in total. The monoisotopic (exact) mass is 243 g/mol. The molecule has 0 radical (unpaired) electrons. The van der Waals surface area contributed by atoms with Gasteiger partial charge in [-0.3, -0.25) is 0 Å². The van der Waals surface area contributed by atoms with Crippen molar-refractivity contribution in [3.63, 3.8) is 0 Å². The second-order valence-corrected chi connectivity index (χ2v) is 4.76. The fourth-order valence-electron chi connectivity index (χ4n) is 1.94. The van der Waals surface area contributed by atoms with E-state index in [-0.39, 0.29) is 5.82 Å². The van der Waals surface area contributed by atoms with Crippen LogP contribution < -0.4 is 5.32 Å².